The fourth-order valence-electron chi connectivity index (χ4n) is 4.94. The lowest BCUT2D eigenvalue weighted by molar-refractivity contribution is -0.146. The van der Waals surface area contributed by atoms with Crippen LogP contribution in [0.4, 0.5) is 18.3 Å². The van der Waals surface area contributed by atoms with Gasteiger partial charge in [-0.1, -0.05) is 54.2 Å². The van der Waals surface area contributed by atoms with Crippen LogP contribution in [-0.4, -0.2) is 27.4 Å². The fourth-order valence-corrected chi connectivity index (χ4v) is 5.92. The van der Waals surface area contributed by atoms with Crippen LogP contribution in [0, 0.1) is 29.3 Å². The maximum Gasteiger partial charge on any atom is 0.307 e. The van der Waals surface area contributed by atoms with Crippen LogP contribution in [0.1, 0.15) is 30.7 Å². The Morgan fingerprint density at radius 1 is 1.03 bits per heavy atom. The zero-order valence-electron chi connectivity index (χ0n) is 18.4. The van der Waals surface area contributed by atoms with Gasteiger partial charge in [0.25, 0.3) is 0 Å². The number of carboxylic acid groups (broad SMARTS) is 1. The highest BCUT2D eigenvalue weighted by Gasteiger charge is 2.46. The number of thiazole rings is 1. The van der Waals surface area contributed by atoms with Crippen LogP contribution in [0.3, 0.4) is 0 Å². The number of carbonyl (C=O) groups is 2. The van der Waals surface area contributed by atoms with Gasteiger partial charge in [-0.05, 0) is 36.6 Å². The maximum absolute atomic E-state index is 14.2. The third-order valence-electron chi connectivity index (χ3n) is 6.67. The molecule has 0 amide bonds. The summed E-state index contributed by atoms with van der Waals surface area (Å²) >= 11 is 0.996. The summed E-state index contributed by atoms with van der Waals surface area (Å²) in [6, 6.07) is 8.03. The van der Waals surface area contributed by atoms with E-state index in [9.17, 15) is 27.9 Å². The average molecular weight is 499 g/mol. The number of nitrogens with zero attached hydrogens (tertiary/aromatic N) is 1. The minimum Gasteiger partial charge on any atom is -0.481 e. The molecule has 5 nitrogen and oxygen atoms in total. The van der Waals surface area contributed by atoms with Gasteiger partial charge in [0.05, 0.1) is 10.6 Å². The number of fused-ring (bicyclic) bond motifs is 1. The normalized spacial score (nSPS) is 25.7. The smallest absolute Gasteiger partial charge is 0.307 e. The Labute approximate surface area is 203 Å². The molecule has 0 spiro atoms. The van der Waals surface area contributed by atoms with Gasteiger partial charge in [0, 0.05) is 17.9 Å². The molecule has 3 aromatic rings. The van der Waals surface area contributed by atoms with E-state index in [4.69, 9.17) is 0 Å². The van der Waals surface area contributed by atoms with Crippen LogP contribution in [0.5, 0.6) is 0 Å². The summed E-state index contributed by atoms with van der Waals surface area (Å²) in [5.74, 6) is -5.10. The van der Waals surface area contributed by atoms with Crippen LogP contribution >= 0.6 is 11.3 Å². The van der Waals surface area contributed by atoms with Gasteiger partial charge < -0.3 is 10.4 Å². The summed E-state index contributed by atoms with van der Waals surface area (Å²) in [5.41, 5.74) is -0.761. The number of Topliss-reactive ketones (excluding diaryl/α,β-unsaturated/α-hetero) is 1. The molecule has 2 aromatic carbocycles. The van der Waals surface area contributed by atoms with Crippen molar-refractivity contribution in [2.24, 2.45) is 11.8 Å². The molecule has 0 aliphatic heterocycles. The monoisotopic (exact) mass is 498 g/mol. The van der Waals surface area contributed by atoms with Crippen LogP contribution in [-0.2, 0) is 9.59 Å². The van der Waals surface area contributed by atoms with Crippen molar-refractivity contribution >= 4 is 38.4 Å². The van der Waals surface area contributed by atoms with Crippen LogP contribution < -0.4 is 5.32 Å². The number of ketones is 1. The first-order valence-electron chi connectivity index (χ1n) is 11.2. The number of nitrogens with one attached hydrogen (secondary N) is 1. The minimum atomic E-state index is -1.44. The van der Waals surface area contributed by atoms with Crippen molar-refractivity contribution < 1.29 is 27.9 Å². The first-order chi connectivity index (χ1) is 16.8. The quantitative estimate of drug-likeness (QED) is 0.417. The second kappa shape index (κ2) is 8.96. The highest BCUT2D eigenvalue weighted by molar-refractivity contribution is 7.22. The van der Waals surface area contributed by atoms with Crippen molar-refractivity contribution in [2.45, 2.75) is 30.7 Å². The van der Waals surface area contributed by atoms with E-state index in [1.165, 1.54) is 18.2 Å². The zero-order valence-corrected chi connectivity index (χ0v) is 19.2. The molecule has 0 bridgehead atoms. The van der Waals surface area contributed by atoms with Gasteiger partial charge in [-0.3, -0.25) is 9.59 Å². The van der Waals surface area contributed by atoms with Crippen molar-refractivity contribution in [1.29, 1.82) is 0 Å². The summed E-state index contributed by atoms with van der Waals surface area (Å²) in [4.78, 5) is 29.8. The Bertz CT molecular complexity index is 1370. The van der Waals surface area contributed by atoms with Crippen LogP contribution in [0.2, 0.25) is 0 Å². The lowest BCUT2D eigenvalue weighted by Crippen LogP contribution is -2.48. The molecule has 2 aliphatic rings. The molecule has 1 saturated carbocycles. The Kier molecular flexibility index (Phi) is 5.96. The molecule has 0 saturated heterocycles. The van der Waals surface area contributed by atoms with Crippen LogP contribution in [0.25, 0.3) is 10.2 Å². The number of halogens is 3. The molecule has 9 heteroatoms. The Morgan fingerprint density at radius 3 is 2.49 bits per heavy atom. The summed E-state index contributed by atoms with van der Waals surface area (Å²) in [7, 11) is 0. The van der Waals surface area contributed by atoms with Crippen molar-refractivity contribution in [1.82, 2.24) is 4.98 Å². The summed E-state index contributed by atoms with van der Waals surface area (Å²) in [6.45, 7) is 0. The predicted octanol–water partition coefficient (Wildman–Crippen LogP) is 5.84. The van der Waals surface area contributed by atoms with Gasteiger partial charge in [0.15, 0.2) is 16.7 Å². The van der Waals surface area contributed by atoms with E-state index in [1.807, 2.05) is 0 Å². The second-order valence-electron chi connectivity index (χ2n) is 8.89. The summed E-state index contributed by atoms with van der Waals surface area (Å²) < 4.78 is 41.9. The zero-order chi connectivity index (χ0) is 24.7. The third-order valence-corrected chi connectivity index (χ3v) is 7.59. The topological polar surface area (TPSA) is 79.3 Å². The van der Waals surface area contributed by atoms with Gasteiger partial charge in [0.2, 0.25) is 0 Å². The molecule has 2 aliphatic carbocycles. The van der Waals surface area contributed by atoms with Gasteiger partial charge in [-0.15, -0.1) is 0 Å². The number of hydrogen-bond acceptors (Lipinski definition) is 5. The van der Waals surface area contributed by atoms with E-state index in [1.54, 1.807) is 36.4 Å². The summed E-state index contributed by atoms with van der Waals surface area (Å²) in [6.07, 6.45) is 8.22. The van der Waals surface area contributed by atoms with Crippen molar-refractivity contribution in [2.75, 3.05) is 5.32 Å². The highest BCUT2D eigenvalue weighted by Crippen LogP contribution is 2.40. The first kappa shape index (κ1) is 23.3. The molecule has 2 N–H and O–H groups in total. The number of allylic oxidation sites excluding steroid dienone is 2. The fraction of sp³-hybridized carbons (Fsp3) is 0.269. The molecule has 1 heterocycles. The molecular formula is C26H21F3N2O3S. The SMILES string of the molecule is O=C(O)[C@@H]1CCC[C@H]1C(=O)C1(Nc2nc3c(F)cc(F)cc3s2)C=CC(c2cccc(F)c2)C=C1. The molecule has 1 aromatic heterocycles. The largest absolute Gasteiger partial charge is 0.481 e. The van der Waals surface area contributed by atoms with E-state index in [0.29, 0.717) is 24.8 Å². The Morgan fingerprint density at radius 2 is 1.77 bits per heavy atom. The lowest BCUT2D eigenvalue weighted by atomic mass is 9.76. The van der Waals surface area contributed by atoms with E-state index in [2.05, 4.69) is 10.3 Å². The molecule has 1 fully saturated rings. The lowest BCUT2D eigenvalue weighted by Gasteiger charge is -2.34. The van der Waals surface area contributed by atoms with E-state index >= 15 is 0 Å². The number of hydrogen-bond donors (Lipinski definition) is 2. The predicted molar refractivity (Wildman–Crippen MR) is 127 cm³/mol. The number of rotatable bonds is 6. The first-order valence-corrected chi connectivity index (χ1v) is 12.0. The number of benzene rings is 2. The van der Waals surface area contributed by atoms with Crippen LogP contribution in [0.15, 0.2) is 60.7 Å². The molecule has 5 rings (SSSR count). The summed E-state index contributed by atoms with van der Waals surface area (Å²) in [5, 5.41) is 12.9. The number of aromatic nitrogens is 1. The Hall–Kier alpha value is -3.46. The number of anilines is 1. The number of carboxylic acids is 1. The molecule has 0 radical (unpaired) electrons. The number of carbonyl (C=O) groups excluding carboxylic acids is 1. The Balaban J connectivity index is 1.53. The molecule has 0 unspecified atom stereocenters. The second-order valence-corrected chi connectivity index (χ2v) is 9.92. The third kappa shape index (κ3) is 4.36. The van der Waals surface area contributed by atoms with Crippen molar-refractivity contribution in [3.8, 4) is 0 Å². The molecular weight excluding hydrogens is 477 g/mol. The van der Waals surface area contributed by atoms with E-state index in [-0.39, 0.29) is 32.9 Å². The number of aliphatic carboxylic acids is 1. The highest BCUT2D eigenvalue weighted by atomic mass is 32.1. The molecule has 2 atom stereocenters. The van der Waals surface area contributed by atoms with Gasteiger partial charge in [0.1, 0.15) is 22.7 Å². The molecule has 35 heavy (non-hydrogen) atoms. The average Bonchev–Trinajstić information content (AvgIpc) is 3.46. The standard InChI is InChI=1S/C26H21F3N2O3S/c27-16-4-1-3-15(11-16)14-7-9-26(10-8-14,23(32)18-5-2-6-19(18)24(33)34)31-25-30-22-20(29)12-17(28)13-21(22)35-25/h1,3-4,7-14,18-19H,2,5-6H2,(H,30,31)(H,33,34)/t14?,18-,19-,26?/m1/s1. The van der Waals surface area contributed by atoms with Gasteiger partial charge >= 0.3 is 5.97 Å². The van der Waals surface area contributed by atoms with E-state index in [0.717, 1.165) is 17.4 Å². The van der Waals surface area contributed by atoms with E-state index < -0.39 is 35.0 Å². The maximum atomic E-state index is 14.2. The van der Waals surface area contributed by atoms with Gasteiger partial charge in [-0.2, -0.15) is 0 Å². The minimum absolute atomic E-state index is 0.0211. The molecule has 180 valence electrons. The van der Waals surface area contributed by atoms with Gasteiger partial charge in [-0.25, -0.2) is 18.2 Å². The van der Waals surface area contributed by atoms with Crippen molar-refractivity contribution in [3.63, 3.8) is 0 Å². The van der Waals surface area contributed by atoms with Crippen molar-refractivity contribution in [3.05, 3.63) is 83.7 Å².